The first-order chi connectivity index (χ1) is 11.7. The van der Waals surface area contributed by atoms with Gasteiger partial charge in [0, 0.05) is 39.2 Å². The van der Waals surface area contributed by atoms with Crippen LogP contribution < -0.4 is 10.2 Å². The Labute approximate surface area is 146 Å². The van der Waals surface area contributed by atoms with Gasteiger partial charge in [0.25, 0.3) is 0 Å². The lowest BCUT2D eigenvalue weighted by molar-refractivity contribution is 1.03. The lowest BCUT2D eigenvalue weighted by Crippen LogP contribution is -2.18. The first-order valence-corrected chi connectivity index (χ1v) is 8.31. The van der Waals surface area contributed by atoms with Crippen molar-refractivity contribution >= 4 is 38.6 Å². The molecule has 0 aliphatic rings. The summed E-state index contributed by atoms with van der Waals surface area (Å²) in [4.78, 5) is 11.9. The van der Waals surface area contributed by atoms with Crippen LogP contribution in [0.4, 0.5) is 10.7 Å². The molecule has 2 rings (SSSR count). The molecule has 124 valence electrons. The van der Waals surface area contributed by atoms with Crippen molar-refractivity contribution in [2.45, 2.75) is 0 Å². The molecule has 0 saturated heterocycles. The molecule has 0 spiro atoms. The van der Waals surface area contributed by atoms with E-state index in [4.69, 9.17) is 5.41 Å². The molecule has 0 aliphatic heterocycles. The standard InChI is InChI=1S/C18H21N5S/c1-4-5-7-14(8-6-10-19)9-13-23(3)16-15-17(22-12-11-21-15)24-18(16)20-2/h4-12,19-20H,1,13H2,2-3H3/b7-5-,8-6-,14-9+,19-10?. The zero-order chi connectivity index (χ0) is 17.4. The monoisotopic (exact) mass is 339 g/mol. The maximum atomic E-state index is 7.13. The average molecular weight is 339 g/mol. The Bertz CT molecular complexity index is 781. The van der Waals surface area contributed by atoms with E-state index in [0.717, 1.165) is 26.6 Å². The van der Waals surface area contributed by atoms with E-state index in [9.17, 15) is 0 Å². The van der Waals surface area contributed by atoms with Gasteiger partial charge in [0.05, 0.1) is 0 Å². The second-order valence-corrected chi connectivity index (χ2v) is 5.94. The molecule has 2 heterocycles. The van der Waals surface area contributed by atoms with Gasteiger partial charge in [0.2, 0.25) is 0 Å². The number of aromatic nitrogens is 2. The Hall–Kier alpha value is -2.73. The molecule has 5 nitrogen and oxygen atoms in total. The summed E-state index contributed by atoms with van der Waals surface area (Å²) in [5, 5.41) is 11.4. The van der Waals surface area contributed by atoms with Crippen molar-refractivity contribution in [1.82, 2.24) is 9.97 Å². The molecule has 6 heteroatoms. The fourth-order valence-corrected chi connectivity index (χ4v) is 3.21. The van der Waals surface area contributed by atoms with Gasteiger partial charge in [0.1, 0.15) is 21.0 Å². The maximum Gasteiger partial charge on any atom is 0.146 e. The number of hydrogen-bond donors (Lipinski definition) is 2. The van der Waals surface area contributed by atoms with Gasteiger partial charge in [0.15, 0.2) is 0 Å². The predicted octanol–water partition coefficient (Wildman–Crippen LogP) is 4.04. The number of rotatable bonds is 8. The highest BCUT2D eigenvalue weighted by Crippen LogP contribution is 2.39. The molecule has 0 radical (unpaired) electrons. The lowest BCUT2D eigenvalue weighted by atomic mass is 10.2. The van der Waals surface area contributed by atoms with Crippen molar-refractivity contribution < 1.29 is 0 Å². The van der Waals surface area contributed by atoms with E-state index in [0.29, 0.717) is 6.54 Å². The Morgan fingerprint density at radius 1 is 1.33 bits per heavy atom. The third-order valence-corrected chi connectivity index (χ3v) is 4.42. The van der Waals surface area contributed by atoms with Crippen LogP contribution in [-0.2, 0) is 0 Å². The molecule has 2 aromatic rings. The highest BCUT2D eigenvalue weighted by molar-refractivity contribution is 7.23. The van der Waals surface area contributed by atoms with Gasteiger partial charge in [-0.3, -0.25) is 0 Å². The fraction of sp³-hybridized carbons (Fsp3) is 0.167. The Balaban J connectivity index is 2.31. The van der Waals surface area contributed by atoms with Crippen LogP contribution in [0.5, 0.6) is 0 Å². The average Bonchev–Trinajstić information content (AvgIpc) is 2.99. The molecule has 2 N–H and O–H groups in total. The summed E-state index contributed by atoms with van der Waals surface area (Å²) in [5.74, 6) is 0. The third-order valence-electron chi connectivity index (χ3n) is 3.32. The van der Waals surface area contributed by atoms with Gasteiger partial charge < -0.3 is 15.6 Å². The van der Waals surface area contributed by atoms with Gasteiger partial charge >= 0.3 is 0 Å². The van der Waals surface area contributed by atoms with Crippen LogP contribution in [0.15, 0.2) is 61.0 Å². The first-order valence-electron chi connectivity index (χ1n) is 7.50. The number of thiophene rings is 1. The zero-order valence-electron chi connectivity index (χ0n) is 13.9. The highest BCUT2D eigenvalue weighted by atomic mass is 32.1. The second-order valence-electron chi connectivity index (χ2n) is 4.95. The van der Waals surface area contributed by atoms with E-state index in [1.807, 2.05) is 32.3 Å². The van der Waals surface area contributed by atoms with Crippen molar-refractivity contribution in [3.8, 4) is 0 Å². The van der Waals surface area contributed by atoms with E-state index in [1.54, 1.807) is 35.9 Å². The topological polar surface area (TPSA) is 64.9 Å². The number of allylic oxidation sites excluding steroid dienone is 6. The quantitative estimate of drug-likeness (QED) is 0.563. The number of anilines is 2. The molecule has 24 heavy (non-hydrogen) atoms. The van der Waals surface area contributed by atoms with Crippen LogP contribution >= 0.6 is 11.3 Å². The van der Waals surface area contributed by atoms with E-state index in [2.05, 4.69) is 32.8 Å². The number of nitrogens with one attached hydrogen (secondary N) is 2. The first kappa shape index (κ1) is 17.6. The summed E-state index contributed by atoms with van der Waals surface area (Å²) in [6.07, 6.45) is 16.0. The molecule has 0 aliphatic carbocycles. The Morgan fingerprint density at radius 3 is 2.79 bits per heavy atom. The smallest absolute Gasteiger partial charge is 0.146 e. The second kappa shape index (κ2) is 8.79. The summed E-state index contributed by atoms with van der Waals surface area (Å²) in [7, 11) is 3.94. The molecular weight excluding hydrogens is 318 g/mol. The Kier molecular flexibility index (Phi) is 6.45. The van der Waals surface area contributed by atoms with E-state index in [-0.39, 0.29) is 0 Å². The number of fused-ring (bicyclic) bond motifs is 1. The SMILES string of the molecule is C=C\C=C/C(/C=C\C=N)=C\CN(C)c1c(NC)sc2nccnc12. The molecule has 0 bridgehead atoms. The van der Waals surface area contributed by atoms with Crippen LogP contribution in [0, 0.1) is 5.41 Å². The summed E-state index contributed by atoms with van der Waals surface area (Å²) in [6.45, 7) is 4.39. The van der Waals surface area contributed by atoms with Crippen molar-refractivity contribution in [2.24, 2.45) is 0 Å². The minimum atomic E-state index is 0.705. The molecular formula is C18H21N5S. The van der Waals surface area contributed by atoms with Crippen molar-refractivity contribution in [3.63, 3.8) is 0 Å². The number of nitrogens with zero attached hydrogens (tertiary/aromatic N) is 3. The van der Waals surface area contributed by atoms with Crippen LogP contribution in [0.1, 0.15) is 0 Å². The minimum absolute atomic E-state index is 0.705. The van der Waals surface area contributed by atoms with Gasteiger partial charge in [-0.25, -0.2) is 9.97 Å². The highest BCUT2D eigenvalue weighted by Gasteiger charge is 2.16. The predicted molar refractivity (Wildman–Crippen MR) is 106 cm³/mol. The third kappa shape index (κ3) is 4.17. The summed E-state index contributed by atoms with van der Waals surface area (Å²) in [5.41, 5.74) is 2.97. The van der Waals surface area contributed by atoms with Crippen LogP contribution in [0.3, 0.4) is 0 Å². The minimum Gasteiger partial charge on any atom is -0.378 e. The fourth-order valence-electron chi connectivity index (χ4n) is 2.20. The van der Waals surface area contributed by atoms with Crippen LogP contribution in [0.25, 0.3) is 10.3 Å². The van der Waals surface area contributed by atoms with Gasteiger partial charge in [-0.2, -0.15) is 0 Å². The van der Waals surface area contributed by atoms with Gasteiger partial charge in [-0.15, -0.1) is 0 Å². The van der Waals surface area contributed by atoms with Crippen molar-refractivity contribution in [3.05, 3.63) is 61.0 Å². The molecule has 2 aromatic heterocycles. The Morgan fingerprint density at radius 2 is 2.08 bits per heavy atom. The van der Waals surface area contributed by atoms with Crippen LogP contribution in [-0.4, -0.2) is 36.8 Å². The molecule has 0 unspecified atom stereocenters. The summed E-state index contributed by atoms with van der Waals surface area (Å²) in [6, 6.07) is 0. The lowest BCUT2D eigenvalue weighted by Gasteiger charge is -2.18. The van der Waals surface area contributed by atoms with Gasteiger partial charge in [-0.05, 0) is 11.6 Å². The normalized spacial score (nSPS) is 12.2. The van der Waals surface area contributed by atoms with E-state index >= 15 is 0 Å². The molecule has 0 fully saturated rings. The van der Waals surface area contributed by atoms with Crippen LogP contribution in [0.2, 0.25) is 0 Å². The number of likely N-dealkylation sites (N-methyl/N-ethyl adjacent to an activating group) is 1. The number of hydrogen-bond acceptors (Lipinski definition) is 6. The van der Waals surface area contributed by atoms with E-state index < -0.39 is 0 Å². The van der Waals surface area contributed by atoms with Gasteiger partial charge in [-0.1, -0.05) is 48.3 Å². The summed E-state index contributed by atoms with van der Waals surface area (Å²) < 4.78 is 0. The van der Waals surface area contributed by atoms with Crippen molar-refractivity contribution in [2.75, 3.05) is 30.9 Å². The largest absolute Gasteiger partial charge is 0.378 e. The maximum absolute atomic E-state index is 7.13. The molecule has 0 saturated carbocycles. The summed E-state index contributed by atoms with van der Waals surface area (Å²) >= 11 is 1.60. The van der Waals surface area contributed by atoms with Crippen molar-refractivity contribution in [1.29, 1.82) is 5.41 Å². The molecule has 0 amide bonds. The molecule has 0 atom stereocenters. The van der Waals surface area contributed by atoms with E-state index in [1.165, 1.54) is 6.21 Å². The zero-order valence-corrected chi connectivity index (χ0v) is 14.7. The molecule has 0 aromatic carbocycles.